The van der Waals surface area contributed by atoms with Gasteiger partial charge in [-0.2, -0.15) is 18.4 Å². The molecule has 1 unspecified atom stereocenters. The molecule has 0 bridgehead atoms. The number of aromatic nitrogens is 3. The molecule has 0 amide bonds. The SMILES string of the molecule is CC.CC.N#CC1CCCN(c2nc3ccnc(Nc4ccc(C(F)(F)F)cn4)c3s2)C1. The lowest BCUT2D eigenvalue weighted by Crippen LogP contribution is -2.34. The lowest BCUT2D eigenvalue weighted by molar-refractivity contribution is -0.137. The molecular weight excluding hydrogens is 437 g/mol. The highest BCUT2D eigenvalue weighted by molar-refractivity contribution is 7.22. The summed E-state index contributed by atoms with van der Waals surface area (Å²) in [5.74, 6) is 0.751. The molecule has 0 aliphatic carbocycles. The largest absolute Gasteiger partial charge is 0.417 e. The van der Waals surface area contributed by atoms with Crippen molar-refractivity contribution in [2.75, 3.05) is 23.3 Å². The van der Waals surface area contributed by atoms with Crippen molar-refractivity contribution in [1.82, 2.24) is 15.0 Å². The lowest BCUT2D eigenvalue weighted by Gasteiger charge is -2.28. The molecule has 3 aromatic heterocycles. The van der Waals surface area contributed by atoms with Crippen molar-refractivity contribution in [2.45, 2.75) is 46.7 Å². The molecule has 0 radical (unpaired) electrons. The van der Waals surface area contributed by atoms with Crippen molar-refractivity contribution in [1.29, 1.82) is 5.26 Å². The summed E-state index contributed by atoms with van der Waals surface area (Å²) >= 11 is 1.44. The fourth-order valence-corrected chi connectivity index (χ4v) is 4.12. The molecule has 1 aliphatic rings. The van der Waals surface area contributed by atoms with Crippen LogP contribution in [0.4, 0.5) is 29.9 Å². The first-order valence-electron chi connectivity index (χ1n) is 10.6. The van der Waals surface area contributed by atoms with E-state index in [1.807, 2.05) is 27.7 Å². The smallest absolute Gasteiger partial charge is 0.347 e. The zero-order valence-corrected chi connectivity index (χ0v) is 19.4. The molecule has 1 N–H and O–H groups in total. The topological polar surface area (TPSA) is 77.7 Å². The van der Waals surface area contributed by atoms with Gasteiger partial charge in [0.2, 0.25) is 0 Å². The normalized spacial score (nSPS) is 15.7. The summed E-state index contributed by atoms with van der Waals surface area (Å²) < 4.78 is 38.8. The summed E-state index contributed by atoms with van der Waals surface area (Å²) in [5.41, 5.74) is -0.0649. The molecule has 0 spiro atoms. The van der Waals surface area contributed by atoms with Crippen LogP contribution < -0.4 is 10.2 Å². The van der Waals surface area contributed by atoms with Crippen molar-refractivity contribution in [2.24, 2.45) is 5.92 Å². The van der Waals surface area contributed by atoms with Gasteiger partial charge in [-0.3, -0.25) is 0 Å². The van der Waals surface area contributed by atoms with Gasteiger partial charge in [-0.25, -0.2) is 15.0 Å². The number of nitrogens with one attached hydrogen (secondary N) is 1. The number of nitrogens with zero attached hydrogens (tertiary/aromatic N) is 5. The average molecular weight is 465 g/mol. The number of fused-ring (bicyclic) bond motifs is 1. The zero-order chi connectivity index (χ0) is 23.7. The summed E-state index contributed by atoms with van der Waals surface area (Å²) in [5, 5.41) is 13.0. The maximum Gasteiger partial charge on any atom is 0.417 e. The van der Waals surface area contributed by atoms with E-state index >= 15 is 0 Å². The Morgan fingerprint density at radius 2 is 1.91 bits per heavy atom. The Morgan fingerprint density at radius 1 is 1.16 bits per heavy atom. The summed E-state index contributed by atoms with van der Waals surface area (Å²) in [6, 6.07) is 6.35. The van der Waals surface area contributed by atoms with Crippen LogP contribution in [0.3, 0.4) is 0 Å². The van der Waals surface area contributed by atoms with Gasteiger partial charge in [0.05, 0.1) is 27.8 Å². The number of nitriles is 1. The molecule has 0 saturated carbocycles. The molecule has 10 heteroatoms. The number of hydrogen-bond acceptors (Lipinski definition) is 7. The Morgan fingerprint density at radius 3 is 2.53 bits per heavy atom. The average Bonchev–Trinajstić information content (AvgIpc) is 3.27. The van der Waals surface area contributed by atoms with Crippen molar-refractivity contribution in [3.8, 4) is 6.07 Å². The maximum atomic E-state index is 12.7. The maximum absolute atomic E-state index is 12.7. The van der Waals surface area contributed by atoms with Crippen molar-refractivity contribution in [3.63, 3.8) is 0 Å². The number of halogens is 3. The van der Waals surface area contributed by atoms with E-state index in [0.717, 1.165) is 47.0 Å². The van der Waals surface area contributed by atoms with Gasteiger partial charge in [-0.05, 0) is 31.0 Å². The fourth-order valence-electron chi connectivity index (χ4n) is 3.08. The van der Waals surface area contributed by atoms with Crippen LogP contribution in [0.2, 0.25) is 0 Å². The number of hydrogen-bond donors (Lipinski definition) is 1. The summed E-state index contributed by atoms with van der Waals surface area (Å²) in [7, 11) is 0. The Bertz CT molecular complexity index is 1030. The predicted molar refractivity (Wildman–Crippen MR) is 123 cm³/mol. The second kappa shape index (κ2) is 11.6. The van der Waals surface area contributed by atoms with E-state index in [2.05, 4.69) is 31.2 Å². The first kappa shape index (κ1) is 25.3. The Labute approximate surface area is 190 Å². The van der Waals surface area contributed by atoms with E-state index in [0.29, 0.717) is 12.4 Å². The van der Waals surface area contributed by atoms with Gasteiger partial charge in [0.25, 0.3) is 0 Å². The van der Waals surface area contributed by atoms with E-state index in [9.17, 15) is 18.4 Å². The minimum Gasteiger partial charge on any atom is -0.347 e. The molecule has 6 nitrogen and oxygen atoms in total. The zero-order valence-electron chi connectivity index (χ0n) is 18.6. The third kappa shape index (κ3) is 6.07. The third-order valence-corrected chi connectivity index (χ3v) is 5.64. The molecule has 1 fully saturated rings. The number of alkyl halides is 3. The molecule has 1 aliphatic heterocycles. The first-order valence-corrected chi connectivity index (χ1v) is 11.5. The number of pyridine rings is 2. The van der Waals surface area contributed by atoms with Gasteiger partial charge in [0.1, 0.15) is 5.82 Å². The Balaban J connectivity index is 0.000000860. The summed E-state index contributed by atoms with van der Waals surface area (Å²) in [6.07, 6.45) is -0.214. The molecule has 1 atom stereocenters. The predicted octanol–water partition coefficient (Wildman–Crippen LogP) is 6.64. The van der Waals surface area contributed by atoms with Crippen LogP contribution in [0.25, 0.3) is 10.2 Å². The minimum absolute atomic E-state index is 0.00664. The molecule has 172 valence electrons. The Kier molecular flexibility index (Phi) is 9.20. The highest BCUT2D eigenvalue weighted by Crippen LogP contribution is 2.36. The van der Waals surface area contributed by atoms with Gasteiger partial charge in [-0.1, -0.05) is 39.0 Å². The van der Waals surface area contributed by atoms with Crippen LogP contribution in [0.15, 0.2) is 30.6 Å². The van der Waals surface area contributed by atoms with E-state index in [4.69, 9.17) is 0 Å². The molecule has 3 aromatic rings. The monoisotopic (exact) mass is 464 g/mol. The fraction of sp³-hybridized carbons (Fsp3) is 0.455. The third-order valence-electron chi connectivity index (χ3n) is 4.50. The second-order valence-corrected chi connectivity index (χ2v) is 7.45. The van der Waals surface area contributed by atoms with Crippen molar-refractivity contribution in [3.05, 3.63) is 36.2 Å². The molecule has 0 aromatic carbocycles. The molecule has 4 rings (SSSR count). The summed E-state index contributed by atoms with van der Waals surface area (Å²) in [6.45, 7) is 9.49. The van der Waals surface area contributed by atoms with Gasteiger partial charge >= 0.3 is 6.18 Å². The van der Waals surface area contributed by atoms with Gasteiger partial charge in [-0.15, -0.1) is 0 Å². The van der Waals surface area contributed by atoms with Crippen LogP contribution >= 0.6 is 11.3 Å². The molecule has 1 saturated heterocycles. The van der Waals surface area contributed by atoms with Gasteiger partial charge < -0.3 is 10.2 Å². The van der Waals surface area contributed by atoms with Crippen LogP contribution in [0.5, 0.6) is 0 Å². The lowest BCUT2D eigenvalue weighted by atomic mass is 10.0. The minimum atomic E-state index is -4.42. The van der Waals surface area contributed by atoms with Crippen LogP contribution in [0.1, 0.15) is 46.1 Å². The molecule has 4 heterocycles. The van der Waals surface area contributed by atoms with E-state index in [1.165, 1.54) is 17.4 Å². The number of rotatable bonds is 3. The van der Waals surface area contributed by atoms with Gasteiger partial charge in [0.15, 0.2) is 10.9 Å². The highest BCUT2D eigenvalue weighted by atomic mass is 32.1. The van der Waals surface area contributed by atoms with E-state index < -0.39 is 11.7 Å². The quantitative estimate of drug-likeness (QED) is 0.468. The van der Waals surface area contributed by atoms with E-state index in [-0.39, 0.29) is 11.7 Å². The van der Waals surface area contributed by atoms with Crippen LogP contribution in [0, 0.1) is 17.2 Å². The summed E-state index contributed by atoms with van der Waals surface area (Å²) in [4.78, 5) is 14.9. The molecular formula is C22H27F3N6S. The van der Waals surface area contributed by atoms with E-state index in [1.54, 1.807) is 12.3 Å². The molecule has 32 heavy (non-hydrogen) atoms. The second-order valence-electron chi connectivity index (χ2n) is 6.47. The van der Waals surface area contributed by atoms with Crippen LogP contribution in [-0.4, -0.2) is 28.0 Å². The van der Waals surface area contributed by atoms with Gasteiger partial charge in [0, 0.05) is 25.5 Å². The highest BCUT2D eigenvalue weighted by Gasteiger charge is 2.30. The van der Waals surface area contributed by atoms with Crippen LogP contribution in [-0.2, 0) is 6.18 Å². The van der Waals surface area contributed by atoms with Crippen molar-refractivity contribution < 1.29 is 13.2 Å². The number of thiazole rings is 1. The van der Waals surface area contributed by atoms with Crippen molar-refractivity contribution >= 4 is 38.3 Å². The number of anilines is 3. The Hall–Kier alpha value is -2.93. The standard InChI is InChI=1S/C18H15F3N6S.2C2H6/c19-18(20,21)12-3-4-14(24-9-12)26-16-15-13(5-6-23-16)25-17(28-15)27-7-1-2-11(8-22)10-27;2*1-2/h3-6,9,11H,1-2,7,10H2,(H,23,24,26);2*1-2H3. The number of piperidine rings is 1. The first-order chi connectivity index (χ1) is 15.4.